The number of ether oxygens (including phenoxy) is 1. The molecule has 0 aromatic carbocycles. The van der Waals surface area contributed by atoms with Crippen molar-refractivity contribution in [3.8, 4) is 0 Å². The van der Waals surface area contributed by atoms with Gasteiger partial charge in [0.15, 0.2) is 0 Å². The van der Waals surface area contributed by atoms with Gasteiger partial charge in [-0.05, 0) is 78.4 Å². The molecule has 21 heavy (non-hydrogen) atoms. The zero-order valence-corrected chi connectivity index (χ0v) is 14.6. The van der Waals surface area contributed by atoms with Gasteiger partial charge in [0.2, 0.25) is 0 Å². The highest BCUT2D eigenvalue weighted by molar-refractivity contribution is 6.54. The van der Waals surface area contributed by atoms with Crippen LogP contribution in [0.3, 0.4) is 0 Å². The molecule has 0 aromatic rings. The number of fused-ring (bicyclic) bond motifs is 2. The molecule has 2 atom stereocenters. The summed E-state index contributed by atoms with van der Waals surface area (Å²) >= 11 is 0. The van der Waals surface area contributed by atoms with Gasteiger partial charge in [0.1, 0.15) is 5.60 Å². The molecule has 3 aliphatic heterocycles. The van der Waals surface area contributed by atoms with Crippen molar-refractivity contribution in [1.82, 2.24) is 0 Å². The summed E-state index contributed by atoms with van der Waals surface area (Å²) in [6, 6.07) is 0. The average Bonchev–Trinajstić information content (AvgIpc) is 2.61. The van der Waals surface area contributed by atoms with Crippen LogP contribution in [0.1, 0.15) is 61.8 Å². The Morgan fingerprint density at radius 2 is 1.43 bits per heavy atom. The molecular formula is C17H27BO3. The fraction of sp³-hybridized carbons (Fsp3) is 0.765. The fourth-order valence-electron chi connectivity index (χ4n) is 3.64. The average molecular weight is 290 g/mol. The highest BCUT2D eigenvalue weighted by atomic mass is 16.7. The third-order valence-corrected chi connectivity index (χ3v) is 6.10. The molecule has 3 aliphatic rings. The van der Waals surface area contributed by atoms with Crippen molar-refractivity contribution in [2.75, 3.05) is 0 Å². The molecule has 3 rings (SSSR count). The van der Waals surface area contributed by atoms with Crippen LogP contribution in [0, 0.1) is 0 Å². The van der Waals surface area contributed by atoms with Crippen molar-refractivity contribution in [2.24, 2.45) is 0 Å². The molecule has 1 fully saturated rings. The summed E-state index contributed by atoms with van der Waals surface area (Å²) in [5.41, 5.74) is 2.72. The van der Waals surface area contributed by atoms with E-state index in [4.69, 9.17) is 14.0 Å². The lowest BCUT2D eigenvalue weighted by molar-refractivity contribution is -0.0602. The highest BCUT2D eigenvalue weighted by Gasteiger charge is 2.57. The lowest BCUT2D eigenvalue weighted by Crippen LogP contribution is -2.41. The van der Waals surface area contributed by atoms with E-state index in [1.807, 2.05) is 0 Å². The minimum Gasteiger partial charge on any atom is -0.400 e. The first-order chi connectivity index (χ1) is 9.40. The summed E-state index contributed by atoms with van der Waals surface area (Å²) in [5.74, 6) is 0. The molecule has 0 N–H and O–H groups in total. The summed E-state index contributed by atoms with van der Waals surface area (Å²) in [6.45, 7) is 17.1. The molecule has 3 nitrogen and oxygen atoms in total. The van der Waals surface area contributed by atoms with Gasteiger partial charge in [0.25, 0.3) is 0 Å². The molecule has 0 radical (unpaired) electrons. The smallest absolute Gasteiger partial charge is 0.400 e. The zero-order valence-electron chi connectivity index (χ0n) is 14.6. The Kier molecular flexibility index (Phi) is 2.94. The van der Waals surface area contributed by atoms with Crippen molar-refractivity contribution in [3.05, 3.63) is 22.7 Å². The van der Waals surface area contributed by atoms with Crippen LogP contribution in [0.25, 0.3) is 0 Å². The first-order valence-corrected chi connectivity index (χ1v) is 7.86. The van der Waals surface area contributed by atoms with Crippen LogP contribution in [-0.2, 0) is 14.0 Å². The first kappa shape index (κ1) is 15.3. The monoisotopic (exact) mass is 290 g/mol. The van der Waals surface area contributed by atoms with E-state index in [1.165, 1.54) is 16.6 Å². The quantitative estimate of drug-likeness (QED) is 0.542. The van der Waals surface area contributed by atoms with Gasteiger partial charge in [-0.3, -0.25) is 0 Å². The van der Waals surface area contributed by atoms with Crippen LogP contribution in [-0.4, -0.2) is 29.5 Å². The standard InChI is InChI=1S/C17H27BO3/c1-11-12(2)17(8)10-13(9-16(11,7)19-17)18-20-14(3,4)15(5,6)21-18/h9H,10H2,1-8H3. The van der Waals surface area contributed by atoms with E-state index in [2.05, 4.69) is 61.5 Å². The maximum absolute atomic E-state index is 6.33. The van der Waals surface area contributed by atoms with E-state index in [9.17, 15) is 0 Å². The van der Waals surface area contributed by atoms with Gasteiger partial charge < -0.3 is 14.0 Å². The maximum Gasteiger partial charge on any atom is 0.490 e. The van der Waals surface area contributed by atoms with E-state index >= 15 is 0 Å². The van der Waals surface area contributed by atoms with Crippen LogP contribution in [0.15, 0.2) is 22.7 Å². The molecule has 4 heteroatoms. The molecule has 116 valence electrons. The first-order valence-electron chi connectivity index (χ1n) is 7.86. The Morgan fingerprint density at radius 3 is 1.90 bits per heavy atom. The van der Waals surface area contributed by atoms with Crippen molar-refractivity contribution >= 4 is 7.12 Å². The third-order valence-electron chi connectivity index (χ3n) is 6.10. The van der Waals surface area contributed by atoms with Crippen LogP contribution in [0.2, 0.25) is 0 Å². The molecule has 1 saturated heterocycles. The van der Waals surface area contributed by atoms with Crippen molar-refractivity contribution in [3.63, 3.8) is 0 Å². The Bertz CT molecular complexity index is 544. The number of rotatable bonds is 1. The van der Waals surface area contributed by atoms with Crippen LogP contribution < -0.4 is 0 Å². The topological polar surface area (TPSA) is 27.7 Å². The minimum absolute atomic E-state index is 0.230. The van der Waals surface area contributed by atoms with E-state index in [0.717, 1.165) is 6.42 Å². The molecular weight excluding hydrogens is 263 g/mol. The summed E-state index contributed by atoms with van der Waals surface area (Å²) in [4.78, 5) is 0. The summed E-state index contributed by atoms with van der Waals surface area (Å²) in [7, 11) is -0.267. The molecule has 2 bridgehead atoms. The number of hydrogen-bond acceptors (Lipinski definition) is 3. The Balaban J connectivity index is 1.95. The number of hydrogen-bond donors (Lipinski definition) is 0. The largest absolute Gasteiger partial charge is 0.490 e. The SMILES string of the molecule is CC1=C(C)C2(C)CC(B3OC(C)(C)C(C)(C)O3)=CC1(C)O2. The minimum atomic E-state index is -0.323. The summed E-state index contributed by atoms with van der Waals surface area (Å²) in [5, 5.41) is 0. The Labute approximate surface area is 128 Å². The second kappa shape index (κ2) is 4.04. The van der Waals surface area contributed by atoms with Gasteiger partial charge in [0, 0.05) is 0 Å². The second-order valence-corrected chi connectivity index (χ2v) is 8.17. The molecule has 0 amide bonds. The summed E-state index contributed by atoms with van der Waals surface area (Å²) in [6.07, 6.45) is 3.05. The van der Waals surface area contributed by atoms with Crippen molar-refractivity contribution in [2.45, 2.75) is 84.2 Å². The third kappa shape index (κ3) is 1.99. The normalized spacial score (nSPS) is 40.8. The predicted molar refractivity (Wildman–Crippen MR) is 85.1 cm³/mol. The van der Waals surface area contributed by atoms with Gasteiger partial charge in [-0.25, -0.2) is 0 Å². The van der Waals surface area contributed by atoms with Gasteiger partial charge >= 0.3 is 7.12 Å². The molecule has 2 unspecified atom stereocenters. The van der Waals surface area contributed by atoms with E-state index < -0.39 is 0 Å². The maximum atomic E-state index is 6.33. The lowest BCUT2D eigenvalue weighted by atomic mass is 9.70. The van der Waals surface area contributed by atoms with Crippen LogP contribution in [0.5, 0.6) is 0 Å². The van der Waals surface area contributed by atoms with Gasteiger partial charge in [-0.1, -0.05) is 6.08 Å². The zero-order chi connectivity index (χ0) is 15.8. The predicted octanol–water partition coefficient (Wildman–Crippen LogP) is 3.83. The fourth-order valence-corrected chi connectivity index (χ4v) is 3.64. The lowest BCUT2D eigenvalue weighted by Gasteiger charge is -2.37. The Hall–Kier alpha value is -0.575. The Morgan fingerprint density at radius 1 is 0.905 bits per heavy atom. The molecule has 0 aromatic heterocycles. The molecule has 0 aliphatic carbocycles. The van der Waals surface area contributed by atoms with E-state index in [-0.39, 0.29) is 29.5 Å². The van der Waals surface area contributed by atoms with Crippen molar-refractivity contribution < 1.29 is 14.0 Å². The highest BCUT2D eigenvalue weighted by Crippen LogP contribution is 2.52. The van der Waals surface area contributed by atoms with E-state index in [1.54, 1.807) is 0 Å². The molecule has 0 saturated carbocycles. The van der Waals surface area contributed by atoms with Gasteiger partial charge in [-0.2, -0.15) is 0 Å². The van der Waals surface area contributed by atoms with E-state index in [0.29, 0.717) is 0 Å². The van der Waals surface area contributed by atoms with Crippen molar-refractivity contribution in [1.29, 1.82) is 0 Å². The summed E-state index contributed by atoms with van der Waals surface area (Å²) < 4.78 is 18.8. The van der Waals surface area contributed by atoms with Crippen LogP contribution >= 0.6 is 0 Å². The van der Waals surface area contributed by atoms with Gasteiger partial charge in [0.05, 0.1) is 16.8 Å². The second-order valence-electron chi connectivity index (χ2n) is 8.17. The van der Waals surface area contributed by atoms with Gasteiger partial charge in [-0.15, -0.1) is 0 Å². The van der Waals surface area contributed by atoms with Crippen LogP contribution in [0.4, 0.5) is 0 Å². The molecule has 0 spiro atoms. The molecule has 3 heterocycles.